The lowest BCUT2D eigenvalue weighted by molar-refractivity contribution is -0.150. The number of likely N-dealkylation sites (N-methyl/N-ethyl adjacent to an activating group) is 1. The maximum absolute atomic E-state index is 12.4. The van der Waals surface area contributed by atoms with Gasteiger partial charge in [0.2, 0.25) is 0 Å². The van der Waals surface area contributed by atoms with E-state index in [-0.39, 0.29) is 36.8 Å². The summed E-state index contributed by atoms with van der Waals surface area (Å²) in [6, 6.07) is 0.563. The molecule has 2 rings (SSSR count). The predicted octanol–water partition coefficient (Wildman–Crippen LogP) is 0.761. The number of amides is 1. The summed E-state index contributed by atoms with van der Waals surface area (Å²) in [6.07, 6.45) is 1.85. The van der Waals surface area contributed by atoms with Crippen molar-refractivity contribution in [3.05, 3.63) is 0 Å². The van der Waals surface area contributed by atoms with Crippen molar-refractivity contribution >= 4 is 30.7 Å². The standard InChI is InChI=1S/C13H25N3O2.2ClH/c1-3-15-8-9-18-12(10-15)13(17)16-6-4-11(14-2)5-7-16;;/h11-12,14H,3-10H2,1-2H3;2*1H. The predicted molar refractivity (Wildman–Crippen MR) is 85.0 cm³/mol. The number of hydrogen-bond acceptors (Lipinski definition) is 4. The second-order valence-corrected chi connectivity index (χ2v) is 5.14. The van der Waals surface area contributed by atoms with Crippen molar-refractivity contribution in [3.63, 3.8) is 0 Å². The van der Waals surface area contributed by atoms with Gasteiger partial charge in [0.1, 0.15) is 6.10 Å². The van der Waals surface area contributed by atoms with Gasteiger partial charge in [-0.15, -0.1) is 24.8 Å². The molecule has 0 aliphatic carbocycles. The van der Waals surface area contributed by atoms with Crippen LogP contribution in [0.15, 0.2) is 0 Å². The van der Waals surface area contributed by atoms with E-state index in [1.807, 2.05) is 11.9 Å². The van der Waals surface area contributed by atoms with E-state index in [1.165, 1.54) is 0 Å². The van der Waals surface area contributed by atoms with Crippen molar-refractivity contribution in [2.45, 2.75) is 31.9 Å². The second-order valence-electron chi connectivity index (χ2n) is 5.14. The van der Waals surface area contributed by atoms with Crippen LogP contribution in [0.4, 0.5) is 0 Å². The zero-order valence-electron chi connectivity index (χ0n) is 12.3. The van der Waals surface area contributed by atoms with Crippen LogP contribution in [0.3, 0.4) is 0 Å². The van der Waals surface area contributed by atoms with Gasteiger partial charge in [0.15, 0.2) is 0 Å². The minimum atomic E-state index is -0.246. The fourth-order valence-electron chi connectivity index (χ4n) is 2.73. The molecule has 1 unspecified atom stereocenters. The van der Waals surface area contributed by atoms with E-state index in [4.69, 9.17) is 4.74 Å². The largest absolute Gasteiger partial charge is 0.366 e. The van der Waals surface area contributed by atoms with Gasteiger partial charge in [-0.2, -0.15) is 0 Å². The molecule has 0 bridgehead atoms. The third-order valence-electron chi connectivity index (χ3n) is 4.09. The van der Waals surface area contributed by atoms with Gasteiger partial charge in [-0.05, 0) is 26.4 Å². The van der Waals surface area contributed by atoms with Crippen LogP contribution in [0, 0.1) is 0 Å². The Morgan fingerprint density at radius 3 is 2.45 bits per heavy atom. The molecule has 0 radical (unpaired) electrons. The summed E-state index contributed by atoms with van der Waals surface area (Å²) >= 11 is 0. The highest BCUT2D eigenvalue weighted by Gasteiger charge is 2.31. The van der Waals surface area contributed by atoms with Crippen LogP contribution in [0.2, 0.25) is 0 Å². The summed E-state index contributed by atoms with van der Waals surface area (Å²) in [6.45, 7) is 7.22. The molecule has 1 N–H and O–H groups in total. The molecule has 2 heterocycles. The first kappa shape index (κ1) is 19.9. The Balaban J connectivity index is 0.00000180. The summed E-state index contributed by atoms with van der Waals surface area (Å²) < 4.78 is 5.63. The monoisotopic (exact) mass is 327 g/mol. The fourth-order valence-corrected chi connectivity index (χ4v) is 2.73. The molecule has 1 atom stereocenters. The Labute approximate surface area is 134 Å². The molecule has 20 heavy (non-hydrogen) atoms. The lowest BCUT2D eigenvalue weighted by Crippen LogP contribution is -2.53. The Bertz CT molecular complexity index is 287. The Kier molecular flexibility index (Phi) is 9.76. The zero-order valence-corrected chi connectivity index (χ0v) is 14.0. The van der Waals surface area contributed by atoms with Gasteiger partial charge in [0.25, 0.3) is 5.91 Å². The molecule has 5 nitrogen and oxygen atoms in total. The van der Waals surface area contributed by atoms with E-state index >= 15 is 0 Å². The number of nitrogens with one attached hydrogen (secondary N) is 1. The van der Waals surface area contributed by atoms with E-state index < -0.39 is 0 Å². The van der Waals surface area contributed by atoms with Crippen LogP contribution in [0.25, 0.3) is 0 Å². The molecule has 0 saturated carbocycles. The molecule has 0 aromatic carbocycles. The van der Waals surface area contributed by atoms with Crippen molar-refractivity contribution < 1.29 is 9.53 Å². The first-order valence-electron chi connectivity index (χ1n) is 7.04. The third-order valence-corrected chi connectivity index (χ3v) is 4.09. The van der Waals surface area contributed by atoms with Crippen molar-refractivity contribution in [2.24, 2.45) is 0 Å². The lowest BCUT2D eigenvalue weighted by atomic mass is 10.0. The number of hydrogen-bond donors (Lipinski definition) is 1. The summed E-state index contributed by atoms with van der Waals surface area (Å²) in [5, 5.41) is 3.28. The fraction of sp³-hybridized carbons (Fsp3) is 0.923. The average Bonchev–Trinajstić information content (AvgIpc) is 2.46. The Morgan fingerprint density at radius 2 is 1.90 bits per heavy atom. The van der Waals surface area contributed by atoms with Gasteiger partial charge in [-0.1, -0.05) is 6.92 Å². The molecule has 2 aliphatic rings. The average molecular weight is 328 g/mol. The number of halogens is 2. The Hall–Kier alpha value is -0.0700. The summed E-state index contributed by atoms with van der Waals surface area (Å²) in [4.78, 5) is 16.6. The molecule has 7 heteroatoms. The normalized spacial score (nSPS) is 24.7. The van der Waals surface area contributed by atoms with Gasteiger partial charge in [0, 0.05) is 32.2 Å². The van der Waals surface area contributed by atoms with Crippen molar-refractivity contribution in [3.8, 4) is 0 Å². The van der Waals surface area contributed by atoms with E-state index in [9.17, 15) is 4.79 Å². The summed E-state index contributed by atoms with van der Waals surface area (Å²) in [5.41, 5.74) is 0. The maximum atomic E-state index is 12.4. The van der Waals surface area contributed by atoms with Crippen LogP contribution in [0.1, 0.15) is 19.8 Å². The van der Waals surface area contributed by atoms with Gasteiger partial charge in [0.05, 0.1) is 6.61 Å². The summed E-state index contributed by atoms with van der Waals surface area (Å²) in [7, 11) is 1.99. The molecule has 0 aromatic heterocycles. The van der Waals surface area contributed by atoms with Crippen molar-refractivity contribution in [1.82, 2.24) is 15.1 Å². The molecule has 0 spiro atoms. The van der Waals surface area contributed by atoms with E-state index in [0.717, 1.165) is 45.6 Å². The minimum absolute atomic E-state index is 0. The quantitative estimate of drug-likeness (QED) is 0.831. The molecule has 2 aliphatic heterocycles. The van der Waals surface area contributed by atoms with Crippen LogP contribution in [0.5, 0.6) is 0 Å². The molecule has 0 aromatic rings. The van der Waals surface area contributed by atoms with Gasteiger partial charge < -0.3 is 15.0 Å². The second kappa shape index (κ2) is 9.79. The number of morpholine rings is 1. The molecule has 120 valence electrons. The van der Waals surface area contributed by atoms with Crippen molar-refractivity contribution in [2.75, 3.05) is 46.4 Å². The Morgan fingerprint density at radius 1 is 1.25 bits per heavy atom. The molecule has 2 fully saturated rings. The van der Waals surface area contributed by atoms with E-state index in [1.54, 1.807) is 0 Å². The number of carbonyl (C=O) groups is 1. The number of piperidine rings is 1. The zero-order chi connectivity index (χ0) is 13.0. The maximum Gasteiger partial charge on any atom is 0.253 e. The highest BCUT2D eigenvalue weighted by Crippen LogP contribution is 2.14. The SMILES string of the molecule is CCN1CCOC(C(=O)N2CCC(NC)CC2)C1.Cl.Cl. The van der Waals surface area contributed by atoms with E-state index in [2.05, 4.69) is 17.1 Å². The highest BCUT2D eigenvalue weighted by atomic mass is 35.5. The van der Waals surface area contributed by atoms with E-state index in [0.29, 0.717) is 12.6 Å². The topological polar surface area (TPSA) is 44.8 Å². The van der Waals surface area contributed by atoms with Crippen LogP contribution in [-0.2, 0) is 9.53 Å². The smallest absolute Gasteiger partial charge is 0.253 e. The van der Waals surface area contributed by atoms with Gasteiger partial charge in [-0.25, -0.2) is 0 Å². The minimum Gasteiger partial charge on any atom is -0.366 e. The third kappa shape index (κ3) is 5.04. The highest BCUT2D eigenvalue weighted by molar-refractivity contribution is 5.85. The molecule has 1 amide bonds. The summed E-state index contributed by atoms with van der Waals surface area (Å²) in [5.74, 6) is 0.183. The molecule has 2 saturated heterocycles. The first-order valence-corrected chi connectivity index (χ1v) is 7.04. The number of nitrogens with zero attached hydrogens (tertiary/aromatic N) is 2. The molecular formula is C13H27Cl2N3O2. The van der Waals surface area contributed by atoms with Gasteiger partial charge >= 0.3 is 0 Å². The number of carbonyl (C=O) groups excluding carboxylic acids is 1. The first-order chi connectivity index (χ1) is 8.74. The van der Waals surface area contributed by atoms with Crippen LogP contribution >= 0.6 is 24.8 Å². The number of rotatable bonds is 3. The number of ether oxygens (including phenoxy) is 1. The van der Waals surface area contributed by atoms with Crippen molar-refractivity contribution in [1.29, 1.82) is 0 Å². The lowest BCUT2D eigenvalue weighted by Gasteiger charge is -2.37. The van der Waals surface area contributed by atoms with Gasteiger partial charge in [-0.3, -0.25) is 9.69 Å². The van der Waals surface area contributed by atoms with Crippen LogP contribution in [-0.4, -0.2) is 74.2 Å². The molecular weight excluding hydrogens is 301 g/mol. The number of likely N-dealkylation sites (tertiary alicyclic amines) is 1. The van der Waals surface area contributed by atoms with Crippen LogP contribution < -0.4 is 5.32 Å².